The molecule has 2 rings (SSSR count). The number of hydrogen-bond donors (Lipinski definition) is 1. The molecule has 5 nitrogen and oxygen atoms in total. The molecule has 0 fully saturated rings. The van der Waals surface area contributed by atoms with E-state index in [4.69, 9.17) is 4.74 Å². The van der Waals surface area contributed by atoms with E-state index in [0.717, 1.165) is 23.5 Å². The molecule has 0 spiro atoms. The van der Waals surface area contributed by atoms with Crippen molar-refractivity contribution in [2.45, 2.75) is 47.3 Å². The lowest BCUT2D eigenvalue weighted by Crippen LogP contribution is -2.30. The summed E-state index contributed by atoms with van der Waals surface area (Å²) < 4.78 is 7.36. The predicted molar refractivity (Wildman–Crippen MR) is 94.3 cm³/mol. The van der Waals surface area contributed by atoms with Gasteiger partial charge in [-0.25, -0.2) is 4.79 Å². The third-order valence-electron chi connectivity index (χ3n) is 4.08. The minimum atomic E-state index is -0.872. The number of benzene rings is 1. The summed E-state index contributed by atoms with van der Waals surface area (Å²) >= 11 is 0. The summed E-state index contributed by atoms with van der Waals surface area (Å²) in [5, 5.41) is 2.75. The lowest BCUT2D eigenvalue weighted by atomic mass is 10.2. The number of carbonyl (C=O) groups excluding carboxylic acids is 2. The van der Waals surface area contributed by atoms with Crippen LogP contribution < -0.4 is 5.32 Å². The summed E-state index contributed by atoms with van der Waals surface area (Å²) in [6, 6.07) is 9.25. The molecule has 24 heavy (non-hydrogen) atoms. The second kappa shape index (κ2) is 7.34. The highest BCUT2D eigenvalue weighted by atomic mass is 16.5. The minimum absolute atomic E-state index is 0.350. The van der Waals surface area contributed by atoms with E-state index in [1.807, 2.05) is 56.5 Å². The molecule has 5 heteroatoms. The molecular formula is C19H24N2O3. The number of esters is 1. The zero-order chi connectivity index (χ0) is 17.9. The highest BCUT2D eigenvalue weighted by molar-refractivity contribution is 5.97. The summed E-state index contributed by atoms with van der Waals surface area (Å²) in [6.45, 7) is 10.2. The summed E-state index contributed by atoms with van der Waals surface area (Å²) in [5.74, 6) is -0.828. The quantitative estimate of drug-likeness (QED) is 0.853. The number of amides is 1. The molecule has 0 aliphatic heterocycles. The molecule has 1 amide bonds. The van der Waals surface area contributed by atoms with Gasteiger partial charge in [0.05, 0.1) is 5.56 Å². The SMILES string of the molecule is CCn1c(C)cc(C(=O)O[C@H](C)C(=O)Nc2ccc(C)cc2)c1C. The number of aromatic nitrogens is 1. The molecule has 1 aromatic carbocycles. The first kappa shape index (κ1) is 17.8. The van der Waals surface area contributed by atoms with Crippen molar-refractivity contribution in [1.82, 2.24) is 4.57 Å². The van der Waals surface area contributed by atoms with E-state index in [9.17, 15) is 9.59 Å². The second-order valence-electron chi connectivity index (χ2n) is 5.93. The van der Waals surface area contributed by atoms with Crippen LogP contribution in [-0.2, 0) is 16.1 Å². The highest BCUT2D eigenvalue weighted by Gasteiger charge is 2.22. The first-order valence-electron chi connectivity index (χ1n) is 8.08. The van der Waals surface area contributed by atoms with Gasteiger partial charge in [0.25, 0.3) is 5.91 Å². The molecule has 0 radical (unpaired) electrons. The molecule has 1 atom stereocenters. The maximum atomic E-state index is 12.3. The lowest BCUT2D eigenvalue weighted by Gasteiger charge is -2.14. The van der Waals surface area contributed by atoms with Gasteiger partial charge in [0.15, 0.2) is 6.10 Å². The van der Waals surface area contributed by atoms with Crippen LogP contribution in [-0.4, -0.2) is 22.5 Å². The van der Waals surface area contributed by atoms with E-state index < -0.39 is 12.1 Å². The third kappa shape index (κ3) is 3.85. The molecule has 2 aromatic rings. The Morgan fingerprint density at radius 3 is 2.33 bits per heavy atom. The molecule has 0 aliphatic carbocycles. The zero-order valence-electron chi connectivity index (χ0n) is 14.8. The number of rotatable bonds is 5. The average Bonchev–Trinajstić information content (AvgIpc) is 2.83. The largest absolute Gasteiger partial charge is 0.449 e. The average molecular weight is 328 g/mol. The van der Waals surface area contributed by atoms with E-state index in [1.165, 1.54) is 0 Å². The molecule has 1 heterocycles. The highest BCUT2D eigenvalue weighted by Crippen LogP contribution is 2.17. The minimum Gasteiger partial charge on any atom is -0.449 e. The summed E-state index contributed by atoms with van der Waals surface area (Å²) in [4.78, 5) is 24.5. The van der Waals surface area contributed by atoms with Gasteiger partial charge >= 0.3 is 5.97 Å². The molecule has 1 N–H and O–H groups in total. The van der Waals surface area contributed by atoms with Gasteiger partial charge in [0.1, 0.15) is 0 Å². The maximum absolute atomic E-state index is 12.3. The summed E-state index contributed by atoms with van der Waals surface area (Å²) in [5.41, 5.74) is 4.14. The van der Waals surface area contributed by atoms with Crippen molar-refractivity contribution < 1.29 is 14.3 Å². The Kier molecular flexibility index (Phi) is 5.44. The predicted octanol–water partition coefficient (Wildman–Crippen LogP) is 3.62. The smallest absolute Gasteiger partial charge is 0.340 e. The van der Waals surface area contributed by atoms with Gasteiger partial charge < -0.3 is 14.6 Å². The van der Waals surface area contributed by atoms with Crippen LogP contribution in [0.25, 0.3) is 0 Å². The van der Waals surface area contributed by atoms with Gasteiger partial charge in [0, 0.05) is 23.6 Å². The number of anilines is 1. The fraction of sp³-hybridized carbons (Fsp3) is 0.368. The van der Waals surface area contributed by atoms with Crippen LogP contribution in [0.4, 0.5) is 5.69 Å². The van der Waals surface area contributed by atoms with Crippen LogP contribution in [0.5, 0.6) is 0 Å². The van der Waals surface area contributed by atoms with Gasteiger partial charge in [-0.1, -0.05) is 17.7 Å². The van der Waals surface area contributed by atoms with Crippen LogP contribution >= 0.6 is 0 Å². The molecule has 0 unspecified atom stereocenters. The van der Waals surface area contributed by atoms with Gasteiger partial charge in [-0.15, -0.1) is 0 Å². The number of nitrogens with zero attached hydrogens (tertiary/aromatic N) is 1. The summed E-state index contributed by atoms with van der Waals surface area (Å²) in [6.07, 6.45) is -0.872. The van der Waals surface area contributed by atoms with E-state index in [2.05, 4.69) is 5.32 Å². The van der Waals surface area contributed by atoms with Crippen molar-refractivity contribution in [3.05, 3.63) is 52.8 Å². The summed E-state index contributed by atoms with van der Waals surface area (Å²) in [7, 11) is 0. The van der Waals surface area contributed by atoms with Crippen LogP contribution in [0.15, 0.2) is 30.3 Å². The van der Waals surface area contributed by atoms with Gasteiger partial charge in [-0.2, -0.15) is 0 Å². The van der Waals surface area contributed by atoms with Crippen LogP contribution in [0.3, 0.4) is 0 Å². The van der Waals surface area contributed by atoms with Crippen LogP contribution in [0.2, 0.25) is 0 Å². The van der Waals surface area contributed by atoms with Gasteiger partial charge in [-0.3, -0.25) is 4.79 Å². The van der Waals surface area contributed by atoms with Crippen molar-refractivity contribution >= 4 is 17.6 Å². The Labute approximate surface area is 142 Å². The number of carbonyl (C=O) groups is 2. The number of ether oxygens (including phenoxy) is 1. The van der Waals surface area contributed by atoms with Crippen molar-refractivity contribution in [1.29, 1.82) is 0 Å². The first-order chi connectivity index (χ1) is 11.3. The standard InChI is InChI=1S/C19H24N2O3/c1-6-21-13(3)11-17(14(21)4)19(23)24-15(5)18(22)20-16-9-7-12(2)8-10-16/h7-11,15H,6H2,1-5H3,(H,20,22)/t15-/m1/s1. The van der Waals surface area contributed by atoms with E-state index in [0.29, 0.717) is 11.3 Å². The Balaban J connectivity index is 2.03. The molecule has 0 saturated carbocycles. The molecule has 0 saturated heterocycles. The molecule has 1 aromatic heterocycles. The van der Waals surface area contributed by atoms with Crippen LogP contribution in [0, 0.1) is 20.8 Å². The number of aryl methyl sites for hydroxylation is 2. The van der Waals surface area contributed by atoms with Crippen LogP contribution in [0.1, 0.15) is 41.2 Å². The Morgan fingerprint density at radius 1 is 1.17 bits per heavy atom. The Hall–Kier alpha value is -2.56. The molecular weight excluding hydrogens is 304 g/mol. The fourth-order valence-electron chi connectivity index (χ4n) is 2.65. The maximum Gasteiger partial charge on any atom is 0.340 e. The normalized spacial score (nSPS) is 11.9. The van der Waals surface area contributed by atoms with Gasteiger partial charge in [0.2, 0.25) is 0 Å². The molecule has 0 aliphatic rings. The topological polar surface area (TPSA) is 60.3 Å². The molecule has 128 valence electrons. The van der Waals surface area contributed by atoms with E-state index in [-0.39, 0.29) is 5.91 Å². The Morgan fingerprint density at radius 2 is 1.79 bits per heavy atom. The molecule has 0 bridgehead atoms. The third-order valence-corrected chi connectivity index (χ3v) is 4.08. The zero-order valence-corrected chi connectivity index (χ0v) is 14.8. The van der Waals surface area contributed by atoms with E-state index in [1.54, 1.807) is 13.0 Å². The Bertz CT molecular complexity index is 745. The first-order valence-corrected chi connectivity index (χ1v) is 8.08. The fourth-order valence-corrected chi connectivity index (χ4v) is 2.65. The van der Waals surface area contributed by atoms with Gasteiger partial charge in [-0.05, 0) is 52.8 Å². The second-order valence-corrected chi connectivity index (χ2v) is 5.93. The van der Waals surface area contributed by atoms with Crippen molar-refractivity contribution in [3.8, 4) is 0 Å². The van der Waals surface area contributed by atoms with Crippen molar-refractivity contribution in [2.75, 3.05) is 5.32 Å². The lowest BCUT2D eigenvalue weighted by molar-refractivity contribution is -0.123. The van der Waals surface area contributed by atoms with E-state index >= 15 is 0 Å². The number of nitrogens with one attached hydrogen (secondary N) is 1. The van der Waals surface area contributed by atoms with Crippen molar-refractivity contribution in [3.63, 3.8) is 0 Å². The van der Waals surface area contributed by atoms with Crippen molar-refractivity contribution in [2.24, 2.45) is 0 Å². The monoisotopic (exact) mass is 328 g/mol. The number of hydrogen-bond acceptors (Lipinski definition) is 3.